The van der Waals surface area contributed by atoms with E-state index in [1.165, 1.54) is 13.0 Å². The monoisotopic (exact) mass is 304 g/mol. The van der Waals surface area contributed by atoms with Crippen LogP contribution in [0.15, 0.2) is 17.0 Å². The number of hydrogen-bond acceptors (Lipinski definition) is 1. The minimum atomic E-state index is -9.75. The minimum Gasteiger partial charge on any atom is -0.492 e. The Morgan fingerprint density at radius 1 is 1.05 bits per heavy atom. The zero-order valence-electron chi connectivity index (χ0n) is 11.0. The van der Waals surface area contributed by atoms with Crippen molar-refractivity contribution in [1.29, 1.82) is 0 Å². The molecule has 1 rings (SSSR count). The van der Waals surface area contributed by atoms with Crippen molar-refractivity contribution in [3.8, 4) is 5.75 Å². The zero-order valence-corrected chi connectivity index (χ0v) is 11.8. The molecule has 0 unspecified atom stereocenters. The highest BCUT2D eigenvalue weighted by atomic mass is 32.5. The number of rotatable bonds is 5. The van der Waals surface area contributed by atoms with Crippen molar-refractivity contribution in [3.63, 3.8) is 0 Å². The first kappa shape index (κ1) is 16.1. The lowest BCUT2D eigenvalue weighted by atomic mass is 10.1. The molecular formula is C12H17F5OS. The van der Waals surface area contributed by atoms with Crippen molar-refractivity contribution in [1.82, 2.24) is 0 Å². The largest absolute Gasteiger partial charge is 0.492 e. The van der Waals surface area contributed by atoms with Gasteiger partial charge in [-0.1, -0.05) is 38.8 Å². The Kier molecular flexibility index (Phi) is 3.60. The summed E-state index contributed by atoms with van der Waals surface area (Å²) in [6, 6.07) is 2.31. The summed E-state index contributed by atoms with van der Waals surface area (Å²) >= 11 is 0. The molecule has 1 aromatic rings. The molecule has 7 heteroatoms. The quantitative estimate of drug-likeness (QED) is 0.469. The lowest BCUT2D eigenvalue weighted by Gasteiger charge is -2.42. The van der Waals surface area contributed by atoms with Crippen LogP contribution >= 0.6 is 10.2 Å². The average molecular weight is 304 g/mol. The predicted molar refractivity (Wildman–Crippen MR) is 67.7 cm³/mol. The molecule has 0 heterocycles. The van der Waals surface area contributed by atoms with Crippen LogP contribution in [0.25, 0.3) is 0 Å². The molecule has 0 saturated carbocycles. The van der Waals surface area contributed by atoms with Gasteiger partial charge in [0.05, 0.1) is 6.61 Å². The molecule has 1 aromatic carbocycles. The Bertz CT molecular complexity index is 480. The third-order valence-electron chi connectivity index (χ3n) is 2.78. The Balaban J connectivity index is 3.40. The van der Waals surface area contributed by atoms with Crippen molar-refractivity contribution in [3.05, 3.63) is 23.3 Å². The van der Waals surface area contributed by atoms with E-state index in [4.69, 9.17) is 4.74 Å². The Morgan fingerprint density at radius 2 is 1.63 bits per heavy atom. The van der Waals surface area contributed by atoms with E-state index < -0.39 is 26.4 Å². The van der Waals surface area contributed by atoms with E-state index in [0.29, 0.717) is 12.8 Å². The molecule has 1 nitrogen and oxygen atoms in total. The van der Waals surface area contributed by atoms with Gasteiger partial charge >= 0.3 is 10.2 Å². The van der Waals surface area contributed by atoms with Crippen LogP contribution in [0.4, 0.5) is 19.4 Å². The van der Waals surface area contributed by atoms with Crippen LogP contribution in [0.3, 0.4) is 0 Å². The van der Waals surface area contributed by atoms with Crippen molar-refractivity contribution in [2.75, 3.05) is 6.61 Å². The van der Waals surface area contributed by atoms with Gasteiger partial charge in [-0.05, 0) is 37.5 Å². The molecule has 0 aliphatic carbocycles. The second kappa shape index (κ2) is 4.26. The lowest BCUT2D eigenvalue weighted by Crippen LogP contribution is -2.12. The summed E-state index contributed by atoms with van der Waals surface area (Å²) < 4.78 is 70.3. The molecule has 0 aliphatic heterocycles. The first-order valence-electron chi connectivity index (χ1n) is 5.84. The number of halogens is 5. The predicted octanol–water partition coefficient (Wildman–Crippen LogP) is 6.14. The van der Waals surface area contributed by atoms with Gasteiger partial charge in [0.1, 0.15) is 5.75 Å². The van der Waals surface area contributed by atoms with E-state index in [9.17, 15) is 19.4 Å². The molecule has 0 atom stereocenters. The molecule has 0 aliphatic rings. The fourth-order valence-corrected chi connectivity index (χ4v) is 2.93. The standard InChI is InChI=1S/C12H17F5OS/c1-4-5-8-18-11-7-6-9(2)10(3)12(11)19(13,14,15,16)17/h6-7H,4-5,8H2,1-3H3. The van der Waals surface area contributed by atoms with Gasteiger partial charge in [-0.15, -0.1) is 0 Å². The molecule has 0 bridgehead atoms. The van der Waals surface area contributed by atoms with E-state index in [2.05, 4.69) is 0 Å². The number of aryl methyl sites for hydroxylation is 1. The summed E-state index contributed by atoms with van der Waals surface area (Å²) in [5, 5.41) is 0. The summed E-state index contributed by atoms with van der Waals surface area (Å²) in [6.07, 6.45) is 1.21. The fourth-order valence-electron chi connectivity index (χ4n) is 1.68. The van der Waals surface area contributed by atoms with E-state index in [1.807, 2.05) is 6.92 Å². The van der Waals surface area contributed by atoms with Crippen LogP contribution in [-0.2, 0) is 0 Å². The Morgan fingerprint density at radius 3 is 2.11 bits per heavy atom. The molecule has 0 radical (unpaired) electrons. The van der Waals surface area contributed by atoms with E-state index in [-0.39, 0.29) is 12.2 Å². The van der Waals surface area contributed by atoms with Crippen LogP contribution < -0.4 is 4.74 Å². The van der Waals surface area contributed by atoms with Crippen molar-refractivity contribution in [2.45, 2.75) is 38.5 Å². The first-order chi connectivity index (χ1) is 8.36. The van der Waals surface area contributed by atoms with Crippen LogP contribution in [0.1, 0.15) is 30.9 Å². The topological polar surface area (TPSA) is 9.23 Å². The maximum atomic E-state index is 13.1. The van der Waals surface area contributed by atoms with Gasteiger partial charge in [-0.25, -0.2) is 0 Å². The third kappa shape index (κ3) is 3.99. The number of hydrogen-bond donors (Lipinski definition) is 0. The van der Waals surface area contributed by atoms with Gasteiger partial charge < -0.3 is 4.74 Å². The fraction of sp³-hybridized carbons (Fsp3) is 0.500. The Labute approximate surface area is 109 Å². The average Bonchev–Trinajstić information content (AvgIpc) is 2.19. The second-order valence-electron chi connectivity index (χ2n) is 4.51. The van der Waals surface area contributed by atoms with E-state index >= 15 is 0 Å². The van der Waals surface area contributed by atoms with Crippen LogP contribution in [-0.4, -0.2) is 6.61 Å². The molecule has 0 amide bonds. The van der Waals surface area contributed by atoms with Crippen molar-refractivity contribution in [2.24, 2.45) is 0 Å². The van der Waals surface area contributed by atoms with Gasteiger partial charge in [-0.2, -0.15) is 0 Å². The van der Waals surface area contributed by atoms with Crippen LogP contribution in [0, 0.1) is 13.8 Å². The third-order valence-corrected chi connectivity index (χ3v) is 4.06. The summed E-state index contributed by atoms with van der Waals surface area (Å²) in [5.41, 5.74) is -0.320. The lowest BCUT2D eigenvalue weighted by molar-refractivity contribution is 0.289. The number of unbranched alkanes of at least 4 members (excludes halogenated alkanes) is 1. The summed E-state index contributed by atoms with van der Waals surface area (Å²) in [4.78, 5) is -1.89. The SMILES string of the molecule is CCCCOc1ccc(C)c(C)c1S(F)(F)(F)(F)F. The molecule has 112 valence electrons. The maximum Gasteiger partial charge on any atom is 0.314 e. The van der Waals surface area contributed by atoms with Gasteiger partial charge in [0.2, 0.25) is 0 Å². The van der Waals surface area contributed by atoms with Crippen molar-refractivity contribution < 1.29 is 24.2 Å². The molecule has 0 spiro atoms. The van der Waals surface area contributed by atoms with E-state index in [0.717, 1.165) is 13.0 Å². The second-order valence-corrected chi connectivity index (χ2v) is 6.85. The molecule has 0 aromatic heterocycles. The maximum absolute atomic E-state index is 13.1. The summed E-state index contributed by atoms with van der Waals surface area (Å²) in [6.45, 7) is 4.21. The van der Waals surface area contributed by atoms with Gasteiger partial charge in [0.25, 0.3) is 0 Å². The molecule has 0 N–H and O–H groups in total. The smallest absolute Gasteiger partial charge is 0.314 e. The molecule has 19 heavy (non-hydrogen) atoms. The van der Waals surface area contributed by atoms with Gasteiger partial charge in [-0.3, -0.25) is 0 Å². The Hall–Kier alpha value is -0.980. The molecule has 0 saturated heterocycles. The number of ether oxygens (including phenoxy) is 1. The summed E-state index contributed by atoms with van der Waals surface area (Å²) in [7, 11) is -9.75. The van der Waals surface area contributed by atoms with Crippen molar-refractivity contribution >= 4 is 10.2 Å². The highest BCUT2D eigenvalue weighted by molar-refractivity contribution is 8.45. The highest BCUT2D eigenvalue weighted by Crippen LogP contribution is 3.03. The first-order valence-corrected chi connectivity index (χ1v) is 7.79. The molecular weight excluding hydrogens is 287 g/mol. The highest BCUT2D eigenvalue weighted by Gasteiger charge is 2.68. The van der Waals surface area contributed by atoms with Crippen LogP contribution in [0.2, 0.25) is 0 Å². The number of benzene rings is 1. The normalized spacial score (nSPS) is 15.8. The van der Waals surface area contributed by atoms with Crippen LogP contribution in [0.5, 0.6) is 5.75 Å². The van der Waals surface area contributed by atoms with E-state index in [1.54, 1.807) is 0 Å². The minimum absolute atomic E-state index is 0.0140. The van der Waals surface area contributed by atoms with Gasteiger partial charge in [0.15, 0.2) is 4.90 Å². The molecule has 0 fully saturated rings. The summed E-state index contributed by atoms with van der Waals surface area (Å²) in [5.74, 6) is -0.782. The zero-order chi connectivity index (χ0) is 15.0. The van der Waals surface area contributed by atoms with Gasteiger partial charge in [0, 0.05) is 0 Å².